The predicted octanol–water partition coefficient (Wildman–Crippen LogP) is 4.03. The van der Waals surface area contributed by atoms with Gasteiger partial charge in [-0.05, 0) is 51.2 Å². The van der Waals surface area contributed by atoms with Crippen LogP contribution in [-0.2, 0) is 0 Å². The molecule has 0 spiro atoms. The van der Waals surface area contributed by atoms with Crippen molar-refractivity contribution in [2.24, 2.45) is 0 Å². The second kappa shape index (κ2) is 8.04. The third-order valence-electron chi connectivity index (χ3n) is 4.65. The van der Waals surface area contributed by atoms with Gasteiger partial charge in [-0.3, -0.25) is 19.8 Å². The van der Waals surface area contributed by atoms with Gasteiger partial charge in [0.1, 0.15) is 5.56 Å². The maximum absolute atomic E-state index is 13.3. The minimum absolute atomic E-state index is 0.0680. The molecule has 1 aromatic heterocycles. The third kappa shape index (κ3) is 3.88. The molecule has 0 unspecified atom stereocenters. The van der Waals surface area contributed by atoms with Crippen LogP contribution in [0.5, 0.6) is 0 Å². The molecule has 0 bridgehead atoms. The van der Waals surface area contributed by atoms with E-state index in [9.17, 15) is 14.9 Å². The number of hydrogen-bond donors (Lipinski definition) is 0. The Morgan fingerprint density at radius 1 is 1.14 bits per heavy atom. The number of amides is 1. The highest BCUT2D eigenvalue weighted by molar-refractivity contribution is 7.22. The maximum atomic E-state index is 13.3. The zero-order valence-electron chi connectivity index (χ0n) is 16.3. The largest absolute Gasteiger partial charge is 0.308 e. The fraction of sp³-hybridized carbons (Fsp3) is 0.300. The second-order valence-electron chi connectivity index (χ2n) is 6.88. The molecule has 3 aromatic rings. The molecule has 2 aromatic carbocycles. The van der Waals surface area contributed by atoms with Gasteiger partial charge < -0.3 is 4.90 Å². The van der Waals surface area contributed by atoms with Crippen LogP contribution < -0.4 is 4.90 Å². The van der Waals surface area contributed by atoms with Gasteiger partial charge in [-0.15, -0.1) is 0 Å². The molecular formula is C20H22N4O3S. The summed E-state index contributed by atoms with van der Waals surface area (Å²) in [6.45, 7) is 5.03. The lowest BCUT2D eigenvalue weighted by Crippen LogP contribution is -2.37. The smallest absolute Gasteiger partial charge is 0.282 e. The average Bonchev–Trinajstić information content (AvgIpc) is 3.09. The first-order valence-corrected chi connectivity index (χ1v) is 9.68. The normalized spacial score (nSPS) is 11.2. The van der Waals surface area contributed by atoms with E-state index in [1.54, 1.807) is 17.0 Å². The fourth-order valence-corrected chi connectivity index (χ4v) is 3.92. The van der Waals surface area contributed by atoms with Crippen molar-refractivity contribution in [3.63, 3.8) is 0 Å². The van der Waals surface area contributed by atoms with Crippen LogP contribution in [0.2, 0.25) is 0 Å². The number of carbonyl (C=O) groups is 1. The number of para-hydroxylation sites is 1. The zero-order valence-corrected chi connectivity index (χ0v) is 17.1. The summed E-state index contributed by atoms with van der Waals surface area (Å²) in [6.07, 6.45) is 0. The number of nitro groups is 1. The molecule has 1 heterocycles. The lowest BCUT2D eigenvalue weighted by molar-refractivity contribution is -0.385. The molecule has 0 saturated carbocycles. The third-order valence-corrected chi connectivity index (χ3v) is 5.70. The Morgan fingerprint density at radius 3 is 2.54 bits per heavy atom. The van der Waals surface area contributed by atoms with Crippen molar-refractivity contribution >= 4 is 38.3 Å². The van der Waals surface area contributed by atoms with E-state index in [2.05, 4.69) is 0 Å². The number of rotatable bonds is 6. The van der Waals surface area contributed by atoms with Crippen LogP contribution >= 0.6 is 11.3 Å². The molecule has 0 aliphatic carbocycles. The second-order valence-corrected chi connectivity index (χ2v) is 7.89. The first kappa shape index (κ1) is 19.9. The molecule has 0 aliphatic heterocycles. The molecule has 0 saturated heterocycles. The fourth-order valence-electron chi connectivity index (χ4n) is 2.87. The molecule has 1 amide bonds. The van der Waals surface area contributed by atoms with E-state index in [1.807, 2.05) is 45.0 Å². The number of carbonyl (C=O) groups excluding carboxylic acids is 1. The first-order valence-electron chi connectivity index (χ1n) is 8.86. The van der Waals surface area contributed by atoms with Crippen LogP contribution in [-0.4, -0.2) is 47.9 Å². The van der Waals surface area contributed by atoms with Crippen molar-refractivity contribution < 1.29 is 9.72 Å². The summed E-state index contributed by atoms with van der Waals surface area (Å²) in [7, 11) is 3.83. The van der Waals surface area contributed by atoms with E-state index >= 15 is 0 Å². The number of aromatic nitrogens is 1. The van der Waals surface area contributed by atoms with Gasteiger partial charge in [0.2, 0.25) is 0 Å². The SMILES string of the molecule is Cc1ccc2sc(N(CCN(C)C)C(=O)c3ccccc3[N+](=O)[O-])nc2c1C. The summed E-state index contributed by atoms with van der Waals surface area (Å²) in [5, 5.41) is 11.9. The van der Waals surface area contributed by atoms with E-state index in [1.165, 1.54) is 23.5 Å². The number of likely N-dealkylation sites (N-methyl/N-ethyl adjacent to an activating group) is 1. The zero-order chi connectivity index (χ0) is 20.4. The number of fused-ring (bicyclic) bond motifs is 1. The molecule has 28 heavy (non-hydrogen) atoms. The maximum Gasteiger partial charge on any atom is 0.282 e. The number of aryl methyl sites for hydroxylation is 2. The summed E-state index contributed by atoms with van der Waals surface area (Å²) in [5.74, 6) is -0.414. The Labute approximate surface area is 167 Å². The molecule has 0 atom stereocenters. The minimum Gasteiger partial charge on any atom is -0.308 e. The quantitative estimate of drug-likeness (QED) is 0.463. The van der Waals surface area contributed by atoms with Gasteiger partial charge in [0.15, 0.2) is 5.13 Å². The summed E-state index contributed by atoms with van der Waals surface area (Å²) in [5.41, 5.74) is 2.94. The number of benzene rings is 2. The van der Waals surface area contributed by atoms with E-state index in [4.69, 9.17) is 4.98 Å². The highest BCUT2D eigenvalue weighted by Gasteiger charge is 2.27. The molecule has 3 rings (SSSR count). The number of thiazole rings is 1. The molecule has 8 heteroatoms. The minimum atomic E-state index is -0.525. The van der Waals surface area contributed by atoms with Gasteiger partial charge in [0.25, 0.3) is 11.6 Å². The number of hydrogen-bond acceptors (Lipinski definition) is 6. The lowest BCUT2D eigenvalue weighted by atomic mass is 10.1. The predicted molar refractivity (Wildman–Crippen MR) is 112 cm³/mol. The molecular weight excluding hydrogens is 376 g/mol. The Kier molecular flexibility index (Phi) is 5.71. The van der Waals surface area contributed by atoms with Gasteiger partial charge in [0.05, 0.1) is 15.1 Å². The van der Waals surface area contributed by atoms with E-state index in [0.717, 1.165) is 21.3 Å². The highest BCUT2D eigenvalue weighted by Crippen LogP contribution is 2.33. The van der Waals surface area contributed by atoms with Gasteiger partial charge in [-0.25, -0.2) is 4.98 Å². The Morgan fingerprint density at radius 2 is 1.86 bits per heavy atom. The van der Waals surface area contributed by atoms with E-state index in [0.29, 0.717) is 18.2 Å². The van der Waals surface area contributed by atoms with Crippen molar-refractivity contribution in [2.75, 3.05) is 32.1 Å². The Bertz CT molecular complexity index is 1050. The van der Waals surface area contributed by atoms with Gasteiger partial charge >= 0.3 is 0 Å². The van der Waals surface area contributed by atoms with Gasteiger partial charge in [-0.2, -0.15) is 0 Å². The standard InChI is InChI=1S/C20H22N4O3S/c1-13-9-10-17-18(14(13)2)21-20(28-17)23(12-11-22(3)4)19(25)15-7-5-6-8-16(15)24(26)27/h5-10H,11-12H2,1-4H3. The van der Waals surface area contributed by atoms with Crippen molar-refractivity contribution in [1.82, 2.24) is 9.88 Å². The Hall–Kier alpha value is -2.84. The topological polar surface area (TPSA) is 79.6 Å². The molecule has 146 valence electrons. The molecule has 0 radical (unpaired) electrons. The van der Waals surface area contributed by atoms with Crippen LogP contribution in [0.4, 0.5) is 10.8 Å². The van der Waals surface area contributed by atoms with Gasteiger partial charge in [0, 0.05) is 19.2 Å². The monoisotopic (exact) mass is 398 g/mol. The van der Waals surface area contributed by atoms with Crippen LogP contribution in [0.1, 0.15) is 21.5 Å². The molecule has 7 nitrogen and oxygen atoms in total. The van der Waals surface area contributed by atoms with E-state index < -0.39 is 10.8 Å². The number of anilines is 1. The Balaban J connectivity index is 2.08. The van der Waals surface area contributed by atoms with Crippen molar-refractivity contribution in [3.05, 3.63) is 63.2 Å². The van der Waals surface area contributed by atoms with Crippen molar-refractivity contribution in [2.45, 2.75) is 13.8 Å². The van der Waals surface area contributed by atoms with Crippen LogP contribution in [0.25, 0.3) is 10.2 Å². The summed E-state index contributed by atoms with van der Waals surface area (Å²) < 4.78 is 0.989. The van der Waals surface area contributed by atoms with Crippen molar-refractivity contribution in [1.29, 1.82) is 0 Å². The summed E-state index contributed by atoms with van der Waals surface area (Å²) >= 11 is 1.42. The summed E-state index contributed by atoms with van der Waals surface area (Å²) in [4.78, 5) is 32.4. The molecule has 0 aliphatic rings. The lowest BCUT2D eigenvalue weighted by Gasteiger charge is -2.22. The molecule has 0 fully saturated rings. The molecule has 0 N–H and O–H groups in total. The van der Waals surface area contributed by atoms with Gasteiger partial charge in [-0.1, -0.05) is 29.5 Å². The van der Waals surface area contributed by atoms with E-state index in [-0.39, 0.29) is 11.3 Å². The van der Waals surface area contributed by atoms with Crippen LogP contribution in [0.15, 0.2) is 36.4 Å². The van der Waals surface area contributed by atoms with Crippen LogP contribution in [0.3, 0.4) is 0 Å². The number of nitro benzene ring substituents is 1. The average molecular weight is 398 g/mol. The number of nitrogens with zero attached hydrogens (tertiary/aromatic N) is 4. The summed E-state index contributed by atoms with van der Waals surface area (Å²) in [6, 6.07) is 10.1. The first-order chi connectivity index (χ1) is 13.3. The highest BCUT2D eigenvalue weighted by atomic mass is 32.1. The van der Waals surface area contributed by atoms with Crippen molar-refractivity contribution in [3.8, 4) is 0 Å². The van der Waals surface area contributed by atoms with Crippen LogP contribution in [0, 0.1) is 24.0 Å².